The van der Waals surface area contributed by atoms with Gasteiger partial charge in [-0.25, -0.2) is 9.18 Å². The minimum Gasteiger partial charge on any atom is -0.491 e. The molecular formula is C20H19FN2O5. The van der Waals surface area contributed by atoms with E-state index in [4.69, 9.17) is 9.47 Å². The molecule has 1 aromatic carbocycles. The van der Waals surface area contributed by atoms with Gasteiger partial charge in [-0.3, -0.25) is 9.59 Å². The number of pyridine rings is 1. The molecule has 1 amide bonds. The Labute approximate surface area is 160 Å². The number of carbonyl (C=O) groups is 2. The van der Waals surface area contributed by atoms with Gasteiger partial charge in [-0.15, -0.1) is 0 Å². The van der Waals surface area contributed by atoms with Crippen LogP contribution in [0.5, 0.6) is 5.75 Å². The number of rotatable bonds is 4. The fourth-order valence-electron chi connectivity index (χ4n) is 4.11. The lowest BCUT2D eigenvalue weighted by Gasteiger charge is -2.35. The van der Waals surface area contributed by atoms with Crippen molar-refractivity contribution in [2.45, 2.75) is 25.4 Å². The van der Waals surface area contributed by atoms with Crippen LogP contribution in [0.1, 0.15) is 44.6 Å². The smallest absolute Gasteiger partial charge is 0.343 e. The molecule has 0 saturated heterocycles. The Morgan fingerprint density at radius 1 is 1.21 bits per heavy atom. The Kier molecular flexibility index (Phi) is 4.41. The Morgan fingerprint density at radius 2 is 1.93 bits per heavy atom. The summed E-state index contributed by atoms with van der Waals surface area (Å²) in [6, 6.07) is 5.88. The average Bonchev–Trinajstić information content (AvgIpc) is 3.10. The molecule has 2 aromatic rings. The SMILES string of the molecule is COC(=O)c1c2n3c(c(OC)c1=O)C(=O)N(Cc1ccc(F)cc1)CC3CC2. The maximum Gasteiger partial charge on any atom is 0.343 e. The first-order chi connectivity index (χ1) is 13.5. The van der Waals surface area contributed by atoms with E-state index in [1.54, 1.807) is 21.6 Å². The Balaban J connectivity index is 1.82. The lowest BCUT2D eigenvalue weighted by atomic mass is 10.1. The normalized spacial score (nSPS) is 17.5. The Morgan fingerprint density at radius 3 is 2.57 bits per heavy atom. The Bertz CT molecular complexity index is 1030. The van der Waals surface area contributed by atoms with E-state index in [-0.39, 0.29) is 34.8 Å². The van der Waals surface area contributed by atoms with E-state index in [9.17, 15) is 18.8 Å². The van der Waals surface area contributed by atoms with Crippen LogP contribution < -0.4 is 10.2 Å². The molecule has 8 heteroatoms. The number of halogens is 1. The molecule has 2 aliphatic rings. The maximum absolute atomic E-state index is 13.2. The van der Waals surface area contributed by atoms with Gasteiger partial charge in [0, 0.05) is 18.8 Å². The number of esters is 1. The third-order valence-corrected chi connectivity index (χ3v) is 5.35. The topological polar surface area (TPSA) is 77.8 Å². The molecule has 2 aliphatic heterocycles. The second kappa shape index (κ2) is 6.78. The number of carbonyl (C=O) groups excluding carboxylic acids is 2. The van der Waals surface area contributed by atoms with E-state index in [2.05, 4.69) is 0 Å². The fourth-order valence-corrected chi connectivity index (χ4v) is 4.11. The summed E-state index contributed by atoms with van der Waals surface area (Å²) in [5.74, 6) is -1.57. The molecule has 4 rings (SSSR count). The van der Waals surface area contributed by atoms with Crippen molar-refractivity contribution in [2.24, 2.45) is 0 Å². The van der Waals surface area contributed by atoms with Gasteiger partial charge in [0.25, 0.3) is 5.91 Å². The van der Waals surface area contributed by atoms with Crippen molar-refractivity contribution in [3.05, 3.63) is 62.8 Å². The van der Waals surface area contributed by atoms with Crippen molar-refractivity contribution in [3.8, 4) is 5.75 Å². The summed E-state index contributed by atoms with van der Waals surface area (Å²) in [7, 11) is 2.52. The molecule has 1 aromatic heterocycles. The molecule has 0 spiro atoms. The summed E-state index contributed by atoms with van der Waals surface area (Å²) in [5.41, 5.74) is 0.769. The van der Waals surface area contributed by atoms with Crippen molar-refractivity contribution in [2.75, 3.05) is 20.8 Å². The van der Waals surface area contributed by atoms with Crippen LogP contribution in [0.2, 0.25) is 0 Å². The lowest BCUT2D eigenvalue weighted by Crippen LogP contribution is -2.44. The predicted octanol–water partition coefficient (Wildman–Crippen LogP) is 1.93. The molecule has 0 N–H and O–H groups in total. The highest BCUT2D eigenvalue weighted by atomic mass is 19.1. The second-order valence-electron chi connectivity index (χ2n) is 6.90. The third kappa shape index (κ3) is 2.67. The summed E-state index contributed by atoms with van der Waals surface area (Å²) >= 11 is 0. The Hall–Kier alpha value is -3.16. The molecule has 146 valence electrons. The van der Waals surface area contributed by atoms with Crippen LogP contribution in [-0.2, 0) is 17.7 Å². The van der Waals surface area contributed by atoms with E-state index in [1.165, 1.54) is 26.4 Å². The standard InChI is InChI=1S/C20H19FN2O5/c1-27-18-16-19(25)22(9-11-3-5-12(21)6-4-11)10-13-7-8-14(23(13)16)15(17(18)24)20(26)28-2/h3-6,13H,7-10H2,1-2H3. The highest BCUT2D eigenvalue weighted by Gasteiger charge is 2.41. The minimum atomic E-state index is -0.726. The predicted molar refractivity (Wildman–Crippen MR) is 97.1 cm³/mol. The molecule has 7 nitrogen and oxygen atoms in total. The van der Waals surface area contributed by atoms with Crippen LogP contribution in [-0.4, -0.2) is 42.1 Å². The lowest BCUT2D eigenvalue weighted by molar-refractivity contribution is 0.0588. The zero-order chi connectivity index (χ0) is 20.0. The molecule has 0 radical (unpaired) electrons. The molecule has 28 heavy (non-hydrogen) atoms. The highest BCUT2D eigenvalue weighted by Crippen LogP contribution is 2.37. The molecule has 0 aliphatic carbocycles. The largest absolute Gasteiger partial charge is 0.491 e. The van der Waals surface area contributed by atoms with Crippen molar-refractivity contribution in [1.29, 1.82) is 0 Å². The van der Waals surface area contributed by atoms with Gasteiger partial charge in [-0.05, 0) is 30.5 Å². The van der Waals surface area contributed by atoms with Gasteiger partial charge in [0.05, 0.1) is 20.3 Å². The van der Waals surface area contributed by atoms with Gasteiger partial charge in [0.2, 0.25) is 5.43 Å². The van der Waals surface area contributed by atoms with Gasteiger partial charge >= 0.3 is 5.97 Å². The molecular weight excluding hydrogens is 367 g/mol. The first-order valence-electron chi connectivity index (χ1n) is 8.93. The number of hydrogen-bond donors (Lipinski definition) is 0. The van der Waals surface area contributed by atoms with Crippen LogP contribution in [0.4, 0.5) is 4.39 Å². The first kappa shape index (κ1) is 18.2. The van der Waals surface area contributed by atoms with Crippen LogP contribution in [0, 0.1) is 5.82 Å². The van der Waals surface area contributed by atoms with Gasteiger partial charge in [0.15, 0.2) is 11.4 Å². The number of aromatic nitrogens is 1. The number of benzene rings is 1. The summed E-state index contributed by atoms with van der Waals surface area (Å²) in [6.45, 7) is 0.726. The van der Waals surface area contributed by atoms with Crippen LogP contribution in [0.15, 0.2) is 29.1 Å². The monoisotopic (exact) mass is 386 g/mol. The zero-order valence-corrected chi connectivity index (χ0v) is 15.5. The molecule has 0 fully saturated rings. The molecule has 3 heterocycles. The molecule has 1 unspecified atom stereocenters. The number of amides is 1. The highest BCUT2D eigenvalue weighted by molar-refractivity contribution is 5.99. The van der Waals surface area contributed by atoms with E-state index in [1.807, 2.05) is 0 Å². The maximum atomic E-state index is 13.2. The number of ether oxygens (including phenoxy) is 2. The second-order valence-corrected chi connectivity index (χ2v) is 6.90. The fraction of sp³-hybridized carbons (Fsp3) is 0.350. The summed E-state index contributed by atoms with van der Waals surface area (Å²) in [5, 5.41) is 0. The van der Waals surface area contributed by atoms with E-state index in [0.29, 0.717) is 31.6 Å². The van der Waals surface area contributed by atoms with Crippen molar-refractivity contribution in [3.63, 3.8) is 0 Å². The van der Waals surface area contributed by atoms with Gasteiger partial charge in [-0.1, -0.05) is 12.1 Å². The number of hydrogen-bond acceptors (Lipinski definition) is 5. The number of methoxy groups -OCH3 is 2. The van der Waals surface area contributed by atoms with Crippen molar-refractivity contribution in [1.82, 2.24) is 9.47 Å². The number of nitrogens with zero attached hydrogens (tertiary/aromatic N) is 2. The quantitative estimate of drug-likeness (QED) is 0.751. The molecule has 0 bridgehead atoms. The van der Waals surface area contributed by atoms with Gasteiger partial charge in [-0.2, -0.15) is 0 Å². The zero-order valence-electron chi connectivity index (χ0n) is 15.5. The van der Waals surface area contributed by atoms with Crippen molar-refractivity contribution < 1.29 is 23.5 Å². The van der Waals surface area contributed by atoms with E-state index in [0.717, 1.165) is 5.56 Å². The van der Waals surface area contributed by atoms with Crippen LogP contribution >= 0.6 is 0 Å². The van der Waals surface area contributed by atoms with Crippen molar-refractivity contribution >= 4 is 11.9 Å². The summed E-state index contributed by atoms with van der Waals surface area (Å²) in [4.78, 5) is 39.9. The minimum absolute atomic E-state index is 0.0645. The van der Waals surface area contributed by atoms with E-state index >= 15 is 0 Å². The van der Waals surface area contributed by atoms with Crippen LogP contribution in [0.25, 0.3) is 0 Å². The van der Waals surface area contributed by atoms with Gasteiger partial charge in [0.1, 0.15) is 11.4 Å². The van der Waals surface area contributed by atoms with Gasteiger partial charge < -0.3 is 18.9 Å². The van der Waals surface area contributed by atoms with Crippen LogP contribution in [0.3, 0.4) is 0 Å². The summed E-state index contributed by atoms with van der Waals surface area (Å²) < 4.78 is 25.0. The molecule has 1 atom stereocenters. The van der Waals surface area contributed by atoms with E-state index < -0.39 is 11.4 Å². The molecule has 0 saturated carbocycles. The first-order valence-corrected chi connectivity index (χ1v) is 8.93. The average molecular weight is 386 g/mol. The third-order valence-electron chi connectivity index (χ3n) is 5.35. The summed E-state index contributed by atoms with van der Waals surface area (Å²) in [6.07, 6.45) is 1.19.